The summed E-state index contributed by atoms with van der Waals surface area (Å²) in [4.78, 5) is 19.3. The fourth-order valence-corrected chi connectivity index (χ4v) is 3.10. The Balaban J connectivity index is 2.01. The number of aromatic nitrogens is 1. The lowest BCUT2D eigenvalue weighted by molar-refractivity contribution is 0.0781. The predicted molar refractivity (Wildman–Crippen MR) is 75.0 cm³/mol. The summed E-state index contributed by atoms with van der Waals surface area (Å²) in [5.74, 6) is -0.0390. The van der Waals surface area contributed by atoms with Crippen LogP contribution in [0.3, 0.4) is 0 Å². The molecule has 0 aliphatic rings. The second-order valence-corrected chi connectivity index (χ2v) is 5.88. The normalized spacial score (nSPS) is 10.6. The first-order valence-electron chi connectivity index (χ1n) is 5.63. The number of rotatable bonds is 5. The maximum Gasteiger partial charge on any atom is 0.273 e. The molecule has 18 heavy (non-hydrogen) atoms. The van der Waals surface area contributed by atoms with E-state index in [1.807, 2.05) is 17.5 Å². The van der Waals surface area contributed by atoms with Gasteiger partial charge in [-0.3, -0.25) is 4.79 Å². The largest absolute Gasteiger partial charge is 0.335 e. The van der Waals surface area contributed by atoms with Crippen LogP contribution in [0.1, 0.15) is 20.4 Å². The Bertz CT molecular complexity index is 507. The molecular weight excluding hydrogens is 266 g/mol. The average molecular weight is 281 g/mol. The number of amides is 1. The average Bonchev–Trinajstić information content (AvgIpc) is 3.00. The van der Waals surface area contributed by atoms with E-state index in [1.54, 1.807) is 28.7 Å². The van der Waals surface area contributed by atoms with Gasteiger partial charge in [-0.15, -0.1) is 22.7 Å². The molecule has 2 rings (SSSR count). The highest BCUT2D eigenvalue weighted by Gasteiger charge is 2.15. The Morgan fingerprint density at radius 3 is 3.00 bits per heavy atom. The van der Waals surface area contributed by atoms with Crippen molar-refractivity contribution in [3.63, 3.8) is 0 Å². The van der Waals surface area contributed by atoms with E-state index in [0.29, 0.717) is 18.8 Å². The number of hydrogen-bond acceptors (Lipinski definition) is 5. The van der Waals surface area contributed by atoms with Gasteiger partial charge in [-0.1, -0.05) is 6.07 Å². The fraction of sp³-hybridized carbons (Fsp3) is 0.333. The van der Waals surface area contributed by atoms with E-state index in [0.717, 1.165) is 11.4 Å². The van der Waals surface area contributed by atoms with Gasteiger partial charge < -0.3 is 10.6 Å². The lowest BCUT2D eigenvalue weighted by Crippen LogP contribution is -2.26. The van der Waals surface area contributed by atoms with Crippen LogP contribution in [0.5, 0.6) is 0 Å². The molecule has 6 heteroatoms. The molecule has 0 radical (unpaired) electrons. The standard InChI is InChI=1S/C12H15N3OS2/c1-15(7-9-3-2-6-17-9)12(16)10-8-18-11(14-10)4-5-13/h2-3,6,8H,4-5,7,13H2,1H3. The Morgan fingerprint density at radius 2 is 2.33 bits per heavy atom. The first kappa shape index (κ1) is 13.2. The van der Waals surface area contributed by atoms with Gasteiger partial charge in [0.25, 0.3) is 5.91 Å². The molecule has 0 atom stereocenters. The molecule has 2 aromatic heterocycles. The van der Waals surface area contributed by atoms with Gasteiger partial charge in [0.05, 0.1) is 11.6 Å². The van der Waals surface area contributed by atoms with E-state index in [9.17, 15) is 4.79 Å². The molecule has 0 aliphatic heterocycles. The van der Waals surface area contributed by atoms with Crippen LogP contribution >= 0.6 is 22.7 Å². The lowest BCUT2D eigenvalue weighted by atomic mass is 10.3. The van der Waals surface area contributed by atoms with Gasteiger partial charge >= 0.3 is 0 Å². The Hall–Kier alpha value is -1.24. The number of nitrogens with zero attached hydrogens (tertiary/aromatic N) is 2. The molecule has 0 aromatic carbocycles. The fourth-order valence-electron chi connectivity index (χ4n) is 1.55. The van der Waals surface area contributed by atoms with Crippen LogP contribution in [0.4, 0.5) is 0 Å². The summed E-state index contributed by atoms with van der Waals surface area (Å²) < 4.78 is 0. The molecule has 0 bridgehead atoms. The molecule has 0 saturated carbocycles. The highest BCUT2D eigenvalue weighted by molar-refractivity contribution is 7.10. The van der Waals surface area contributed by atoms with Crippen molar-refractivity contribution in [2.24, 2.45) is 5.73 Å². The van der Waals surface area contributed by atoms with Crippen LogP contribution in [0.15, 0.2) is 22.9 Å². The summed E-state index contributed by atoms with van der Waals surface area (Å²) in [7, 11) is 1.80. The van der Waals surface area contributed by atoms with Gasteiger partial charge in [0, 0.05) is 23.7 Å². The van der Waals surface area contributed by atoms with Crippen LogP contribution in [0.2, 0.25) is 0 Å². The van der Waals surface area contributed by atoms with Gasteiger partial charge in [-0.05, 0) is 18.0 Å². The molecule has 0 spiro atoms. The van der Waals surface area contributed by atoms with Crippen LogP contribution in [0, 0.1) is 0 Å². The van der Waals surface area contributed by atoms with Gasteiger partial charge in [-0.25, -0.2) is 4.98 Å². The molecule has 0 aliphatic carbocycles. The third-order valence-electron chi connectivity index (χ3n) is 2.45. The van der Waals surface area contributed by atoms with Crippen LogP contribution < -0.4 is 5.73 Å². The smallest absolute Gasteiger partial charge is 0.273 e. The molecule has 0 fully saturated rings. The first-order chi connectivity index (χ1) is 8.70. The predicted octanol–water partition coefficient (Wildman–Crippen LogP) is 1.98. The molecule has 2 N–H and O–H groups in total. The van der Waals surface area contributed by atoms with Crippen molar-refractivity contribution in [3.8, 4) is 0 Å². The summed E-state index contributed by atoms with van der Waals surface area (Å²) in [5.41, 5.74) is 5.98. The second kappa shape index (κ2) is 6.08. The number of carbonyl (C=O) groups excluding carboxylic acids is 1. The quantitative estimate of drug-likeness (QED) is 0.911. The van der Waals surface area contributed by atoms with E-state index in [2.05, 4.69) is 4.98 Å². The number of carbonyl (C=O) groups is 1. The van der Waals surface area contributed by atoms with Crippen molar-refractivity contribution >= 4 is 28.6 Å². The van der Waals surface area contributed by atoms with Crippen LogP contribution in [0.25, 0.3) is 0 Å². The van der Waals surface area contributed by atoms with Crippen molar-refractivity contribution in [2.45, 2.75) is 13.0 Å². The van der Waals surface area contributed by atoms with Crippen LogP contribution in [-0.2, 0) is 13.0 Å². The monoisotopic (exact) mass is 281 g/mol. The number of thiophene rings is 1. The Labute approximate surface area is 114 Å². The van der Waals surface area contributed by atoms with Crippen molar-refractivity contribution in [1.29, 1.82) is 0 Å². The maximum atomic E-state index is 12.1. The summed E-state index contributed by atoms with van der Waals surface area (Å²) >= 11 is 3.14. The topological polar surface area (TPSA) is 59.2 Å². The lowest BCUT2D eigenvalue weighted by Gasteiger charge is -2.14. The van der Waals surface area contributed by atoms with E-state index < -0.39 is 0 Å². The molecule has 2 aromatic rings. The molecule has 4 nitrogen and oxygen atoms in total. The summed E-state index contributed by atoms with van der Waals surface area (Å²) in [6.45, 7) is 1.19. The minimum Gasteiger partial charge on any atom is -0.335 e. The highest BCUT2D eigenvalue weighted by Crippen LogP contribution is 2.15. The number of hydrogen-bond donors (Lipinski definition) is 1. The zero-order valence-corrected chi connectivity index (χ0v) is 11.8. The molecule has 0 saturated heterocycles. The molecule has 0 unspecified atom stereocenters. The number of thiazole rings is 1. The number of nitrogens with two attached hydrogens (primary N) is 1. The highest BCUT2D eigenvalue weighted by atomic mass is 32.1. The van der Waals surface area contributed by atoms with Crippen molar-refractivity contribution in [2.75, 3.05) is 13.6 Å². The van der Waals surface area contributed by atoms with E-state index in [1.165, 1.54) is 16.2 Å². The summed E-state index contributed by atoms with van der Waals surface area (Å²) in [6, 6.07) is 4.01. The Morgan fingerprint density at radius 1 is 1.50 bits per heavy atom. The van der Waals surface area contributed by atoms with Gasteiger partial charge in [0.2, 0.25) is 0 Å². The van der Waals surface area contributed by atoms with E-state index >= 15 is 0 Å². The van der Waals surface area contributed by atoms with E-state index in [4.69, 9.17) is 5.73 Å². The van der Waals surface area contributed by atoms with Gasteiger partial charge in [0.15, 0.2) is 0 Å². The SMILES string of the molecule is CN(Cc1cccs1)C(=O)c1csc(CCN)n1. The molecular formula is C12H15N3OS2. The van der Waals surface area contributed by atoms with Crippen LogP contribution in [-0.4, -0.2) is 29.4 Å². The maximum absolute atomic E-state index is 12.1. The molecule has 96 valence electrons. The minimum atomic E-state index is -0.0390. The minimum absolute atomic E-state index is 0.0390. The van der Waals surface area contributed by atoms with Crippen molar-refractivity contribution in [1.82, 2.24) is 9.88 Å². The second-order valence-electron chi connectivity index (χ2n) is 3.91. The van der Waals surface area contributed by atoms with Gasteiger partial charge in [0.1, 0.15) is 5.69 Å². The zero-order chi connectivity index (χ0) is 13.0. The molecule has 1 amide bonds. The van der Waals surface area contributed by atoms with Crippen molar-refractivity contribution < 1.29 is 4.79 Å². The third-order valence-corrected chi connectivity index (χ3v) is 4.22. The van der Waals surface area contributed by atoms with Crippen molar-refractivity contribution in [3.05, 3.63) is 38.5 Å². The molecule has 2 heterocycles. The Kier molecular flexibility index (Phi) is 4.46. The summed E-state index contributed by atoms with van der Waals surface area (Å²) in [6.07, 6.45) is 0.729. The zero-order valence-electron chi connectivity index (χ0n) is 10.1. The van der Waals surface area contributed by atoms with E-state index in [-0.39, 0.29) is 5.91 Å². The van der Waals surface area contributed by atoms with Gasteiger partial charge in [-0.2, -0.15) is 0 Å². The summed E-state index contributed by atoms with van der Waals surface area (Å²) in [5, 5.41) is 4.74. The first-order valence-corrected chi connectivity index (χ1v) is 7.39. The third kappa shape index (κ3) is 3.16.